The SMILES string of the molecule is CN(CC(CCC(N)C(=O)O)C[C@H]1O[C@@H](n2cnc3c(N)ncnc32)[C@H](O)[C@@H]1O)c1cn([C@H]2C[C@H](O)[C@@H](CO)O2)c(=O)nc1N. The number of nitrogens with zero attached hydrogens (tertiary/aromatic N) is 7. The number of nitrogen functional groups attached to an aromatic ring is 2. The van der Waals surface area contributed by atoms with Crippen LogP contribution in [0.3, 0.4) is 0 Å². The molecule has 3 aromatic rings. The summed E-state index contributed by atoms with van der Waals surface area (Å²) in [6.45, 7) is -0.194. The number of hydrogen-bond acceptors (Lipinski definition) is 16. The molecule has 2 aliphatic rings. The van der Waals surface area contributed by atoms with E-state index < -0.39 is 67.3 Å². The van der Waals surface area contributed by atoms with E-state index in [-0.39, 0.29) is 43.4 Å². The zero-order valence-corrected chi connectivity index (χ0v) is 24.4. The summed E-state index contributed by atoms with van der Waals surface area (Å²) in [5.41, 5.74) is 18.1. The molecule has 11 N–H and O–H groups in total. The largest absolute Gasteiger partial charge is 0.480 e. The third-order valence-electron chi connectivity index (χ3n) is 8.37. The highest BCUT2D eigenvalue weighted by Gasteiger charge is 2.45. The minimum absolute atomic E-state index is 0.0564. The molecule has 2 unspecified atom stereocenters. The summed E-state index contributed by atoms with van der Waals surface area (Å²) in [5.74, 6) is -1.45. The summed E-state index contributed by atoms with van der Waals surface area (Å²) in [6.07, 6.45) is -2.58. The second kappa shape index (κ2) is 13.2. The smallest absolute Gasteiger partial charge is 0.351 e. The number of aliphatic hydroxyl groups is 4. The van der Waals surface area contributed by atoms with E-state index in [1.165, 1.54) is 28.0 Å². The number of anilines is 3. The lowest BCUT2D eigenvalue weighted by atomic mass is 9.91. The molecule has 3 aromatic heterocycles. The van der Waals surface area contributed by atoms with Gasteiger partial charge in [-0.25, -0.2) is 19.7 Å². The number of aliphatic hydroxyl groups excluding tert-OH is 4. The van der Waals surface area contributed by atoms with Crippen molar-refractivity contribution >= 4 is 34.5 Å². The average molecular weight is 635 g/mol. The van der Waals surface area contributed by atoms with Crippen LogP contribution in [0.25, 0.3) is 11.2 Å². The zero-order chi connectivity index (χ0) is 32.6. The first-order valence-corrected chi connectivity index (χ1v) is 14.4. The molecule has 246 valence electrons. The standard InChI is InChI=1S/C26H38N10O9/c1-34(13-7-35(26(43)33-21(13)28)17-5-14(38)16(8-37)44-17)6-11(2-3-12(27)25(41)42)4-15-19(39)20(40)24(45-15)36-10-32-18-22(29)30-9-31-23(18)36/h7,9-12,14-17,19-20,24,37-40H,2-6,8,27H2,1H3,(H,41,42)(H2,28,33,43)(H2,29,30,31)/t11?,12?,14-,15+,16+,17+,19+,20+,24+/m0/s1. The molecule has 5 heterocycles. The highest BCUT2D eigenvalue weighted by atomic mass is 16.6. The highest BCUT2D eigenvalue weighted by molar-refractivity contribution is 5.81. The normalized spacial score (nSPS) is 28.0. The van der Waals surface area contributed by atoms with Gasteiger partial charge in [-0.15, -0.1) is 0 Å². The number of carboxylic acids is 1. The van der Waals surface area contributed by atoms with Crippen molar-refractivity contribution in [1.82, 2.24) is 29.1 Å². The van der Waals surface area contributed by atoms with E-state index in [1.54, 1.807) is 11.9 Å². The third kappa shape index (κ3) is 6.54. The van der Waals surface area contributed by atoms with Crippen LogP contribution in [0, 0.1) is 5.92 Å². The van der Waals surface area contributed by atoms with Crippen molar-refractivity contribution in [3.8, 4) is 0 Å². The van der Waals surface area contributed by atoms with Crippen molar-refractivity contribution in [3.05, 3.63) is 29.3 Å². The molecule has 2 saturated heterocycles. The Morgan fingerprint density at radius 2 is 1.84 bits per heavy atom. The van der Waals surface area contributed by atoms with Crippen LogP contribution in [0.4, 0.5) is 17.3 Å². The molecule has 0 spiro atoms. The second-order valence-electron chi connectivity index (χ2n) is 11.4. The van der Waals surface area contributed by atoms with E-state index in [9.17, 15) is 35.1 Å². The number of carbonyl (C=O) groups is 1. The Morgan fingerprint density at radius 3 is 2.53 bits per heavy atom. The maximum absolute atomic E-state index is 12.7. The Labute approximate surface area is 255 Å². The Bertz CT molecular complexity index is 1570. The summed E-state index contributed by atoms with van der Waals surface area (Å²) in [7, 11) is 1.69. The maximum atomic E-state index is 12.7. The number of imidazole rings is 1. The minimum Gasteiger partial charge on any atom is -0.480 e. The predicted molar refractivity (Wildman–Crippen MR) is 156 cm³/mol. The first-order valence-electron chi connectivity index (χ1n) is 14.4. The average Bonchev–Trinajstić information content (AvgIpc) is 3.67. The van der Waals surface area contributed by atoms with Gasteiger partial charge in [-0.2, -0.15) is 4.98 Å². The molecule has 0 saturated carbocycles. The number of carboxylic acid groups (broad SMARTS) is 1. The topological polar surface area (TPSA) is 296 Å². The molecule has 19 nitrogen and oxygen atoms in total. The van der Waals surface area contributed by atoms with Crippen LogP contribution in [0.1, 0.15) is 38.1 Å². The van der Waals surface area contributed by atoms with Crippen LogP contribution in [-0.2, 0) is 14.3 Å². The van der Waals surface area contributed by atoms with Gasteiger partial charge in [-0.1, -0.05) is 0 Å². The van der Waals surface area contributed by atoms with Crippen molar-refractivity contribution in [3.63, 3.8) is 0 Å². The summed E-state index contributed by atoms with van der Waals surface area (Å²) in [5, 5.41) is 50.9. The van der Waals surface area contributed by atoms with Gasteiger partial charge >= 0.3 is 11.7 Å². The molecular weight excluding hydrogens is 596 g/mol. The molecule has 0 amide bonds. The molecule has 19 heteroatoms. The molecule has 0 aromatic carbocycles. The van der Waals surface area contributed by atoms with Crippen LogP contribution in [-0.4, -0.2) is 117 Å². The lowest BCUT2D eigenvalue weighted by Crippen LogP contribution is -2.37. The molecule has 2 fully saturated rings. The van der Waals surface area contributed by atoms with E-state index in [4.69, 9.17) is 26.7 Å². The fourth-order valence-electron chi connectivity index (χ4n) is 5.87. The van der Waals surface area contributed by atoms with Crippen LogP contribution < -0.4 is 27.8 Å². The maximum Gasteiger partial charge on any atom is 0.351 e. The van der Waals surface area contributed by atoms with Gasteiger partial charge < -0.3 is 57.1 Å². The van der Waals surface area contributed by atoms with Crippen LogP contribution in [0.2, 0.25) is 0 Å². The number of hydrogen-bond donors (Lipinski definition) is 8. The molecule has 0 radical (unpaired) electrons. The molecule has 0 bridgehead atoms. The van der Waals surface area contributed by atoms with Crippen molar-refractivity contribution < 1.29 is 39.8 Å². The fourth-order valence-corrected chi connectivity index (χ4v) is 5.87. The Balaban J connectivity index is 1.36. The number of nitrogens with two attached hydrogens (primary N) is 3. The Kier molecular flexibility index (Phi) is 9.49. The lowest BCUT2D eigenvalue weighted by molar-refractivity contribution is -0.138. The number of aliphatic carboxylic acids is 1. The minimum atomic E-state index is -1.35. The molecule has 0 aliphatic carbocycles. The second-order valence-corrected chi connectivity index (χ2v) is 11.4. The number of rotatable bonds is 12. The highest BCUT2D eigenvalue weighted by Crippen LogP contribution is 2.36. The molecule has 5 rings (SSSR count). The van der Waals surface area contributed by atoms with Gasteiger partial charge in [0.2, 0.25) is 0 Å². The first-order chi connectivity index (χ1) is 21.4. The summed E-state index contributed by atoms with van der Waals surface area (Å²) < 4.78 is 14.4. The zero-order valence-electron chi connectivity index (χ0n) is 24.4. The molecule has 9 atom stereocenters. The van der Waals surface area contributed by atoms with Gasteiger partial charge in [0.1, 0.15) is 42.4 Å². The Hall–Kier alpha value is -3.98. The van der Waals surface area contributed by atoms with Crippen LogP contribution in [0.5, 0.6) is 0 Å². The number of aromatic nitrogens is 6. The lowest BCUT2D eigenvalue weighted by Gasteiger charge is -2.29. The Morgan fingerprint density at radius 1 is 1.09 bits per heavy atom. The van der Waals surface area contributed by atoms with Crippen LogP contribution >= 0.6 is 0 Å². The summed E-state index contributed by atoms with van der Waals surface area (Å²) in [6, 6.07) is -1.13. The van der Waals surface area contributed by atoms with E-state index >= 15 is 0 Å². The van der Waals surface area contributed by atoms with Crippen molar-refractivity contribution in [2.24, 2.45) is 11.7 Å². The van der Waals surface area contributed by atoms with Gasteiger partial charge in [-0.05, 0) is 25.2 Å². The van der Waals surface area contributed by atoms with Gasteiger partial charge in [-0.3, -0.25) is 13.9 Å². The molecular formula is C26H38N10O9. The van der Waals surface area contributed by atoms with E-state index in [1.807, 2.05) is 0 Å². The van der Waals surface area contributed by atoms with E-state index in [0.717, 1.165) is 0 Å². The van der Waals surface area contributed by atoms with Crippen molar-refractivity contribution in [2.45, 2.75) is 74.7 Å². The van der Waals surface area contributed by atoms with E-state index in [2.05, 4.69) is 19.9 Å². The van der Waals surface area contributed by atoms with Gasteiger partial charge in [0.15, 0.2) is 23.5 Å². The quantitative estimate of drug-likeness (QED) is 0.0993. The summed E-state index contributed by atoms with van der Waals surface area (Å²) in [4.78, 5) is 42.0. The number of fused-ring (bicyclic) bond motifs is 1. The van der Waals surface area contributed by atoms with Crippen LogP contribution in [0.15, 0.2) is 23.6 Å². The van der Waals surface area contributed by atoms with E-state index in [0.29, 0.717) is 23.3 Å². The monoisotopic (exact) mass is 634 g/mol. The molecule has 2 aliphatic heterocycles. The van der Waals surface area contributed by atoms with Crippen molar-refractivity contribution in [2.75, 3.05) is 36.6 Å². The number of ether oxygens (including phenoxy) is 2. The first kappa shape index (κ1) is 32.4. The predicted octanol–water partition coefficient (Wildman–Crippen LogP) is -2.86. The fraction of sp³-hybridized carbons (Fsp3) is 0.615. The molecule has 45 heavy (non-hydrogen) atoms. The third-order valence-corrected chi connectivity index (χ3v) is 8.37. The van der Waals surface area contributed by atoms with Crippen molar-refractivity contribution in [1.29, 1.82) is 0 Å². The van der Waals surface area contributed by atoms with Gasteiger partial charge in [0, 0.05) is 26.2 Å². The summed E-state index contributed by atoms with van der Waals surface area (Å²) >= 11 is 0. The van der Waals surface area contributed by atoms with Gasteiger partial charge in [0.25, 0.3) is 0 Å². The van der Waals surface area contributed by atoms with Gasteiger partial charge in [0.05, 0.1) is 30.8 Å².